The number of aryl methyl sites for hydroxylation is 1. The molecule has 0 bridgehead atoms. The average molecular weight is 592 g/mol. The molecule has 0 spiro atoms. The van der Waals surface area contributed by atoms with Gasteiger partial charge in [-0.2, -0.15) is 0 Å². The summed E-state index contributed by atoms with van der Waals surface area (Å²) in [6.45, 7) is 1.66. The molecule has 1 atom stereocenters. The predicted octanol–water partition coefficient (Wildman–Crippen LogP) is 5.87. The van der Waals surface area contributed by atoms with Crippen molar-refractivity contribution < 1.29 is 9.53 Å². The smallest absolute Gasteiger partial charge is 0.227 e. The lowest BCUT2D eigenvalue weighted by Crippen LogP contribution is -2.29. The number of methoxy groups -OCH3 is 1. The lowest BCUT2D eigenvalue weighted by Gasteiger charge is -2.26. The Morgan fingerprint density at radius 1 is 1.15 bits per heavy atom. The van der Waals surface area contributed by atoms with Crippen LogP contribution in [0.15, 0.2) is 54.9 Å². The molecule has 2 aromatic carbocycles. The average Bonchev–Trinajstić information content (AvgIpc) is 3.59. The standard InChI is InChI=1S/C30H37N7O2S2/c1-35(2)13-14-36(3)27-18-28(39-5)25(17-24(27)32-29(38)16-20-11-15-40-41-20)34-30-31-12-10-23(33-30)22-19-37(4)26-9-7-6-8-21(22)26/h6-10,12,17-20H,11,13-16H2,1-5H3,(H,32,38)(H,31,33,34)/t20-/m1/s1. The molecule has 5 rings (SSSR count). The SMILES string of the molecule is COc1cc(N(C)CCN(C)C)c(NC(=O)C[C@H]2CCSS2)cc1Nc1nccc(-c2cn(C)c3ccccc23)n1. The summed E-state index contributed by atoms with van der Waals surface area (Å²) >= 11 is 0. The van der Waals surface area contributed by atoms with E-state index in [1.807, 2.05) is 69.3 Å². The number of nitrogens with one attached hydrogen (secondary N) is 2. The van der Waals surface area contributed by atoms with Gasteiger partial charge in [0.25, 0.3) is 0 Å². The Balaban J connectivity index is 1.46. The van der Waals surface area contributed by atoms with Crippen molar-refractivity contribution in [3.8, 4) is 17.0 Å². The minimum absolute atomic E-state index is 0.0116. The number of nitrogens with zero attached hydrogens (tertiary/aromatic N) is 5. The first-order chi connectivity index (χ1) is 19.8. The fraction of sp³-hybridized carbons (Fsp3) is 0.367. The Morgan fingerprint density at radius 3 is 2.73 bits per heavy atom. The summed E-state index contributed by atoms with van der Waals surface area (Å²) in [7, 11) is 13.5. The number of amides is 1. The molecule has 1 aliphatic rings. The van der Waals surface area contributed by atoms with Crippen LogP contribution in [-0.4, -0.2) is 77.7 Å². The summed E-state index contributed by atoms with van der Waals surface area (Å²) in [4.78, 5) is 26.7. The number of likely N-dealkylation sites (N-methyl/N-ethyl adjacent to an activating group) is 2. The quantitative estimate of drug-likeness (QED) is 0.208. The first-order valence-electron chi connectivity index (χ1n) is 13.6. The van der Waals surface area contributed by atoms with Gasteiger partial charge in [0, 0.05) is 79.5 Å². The first-order valence-corrected chi connectivity index (χ1v) is 16.0. The van der Waals surface area contributed by atoms with Crippen molar-refractivity contribution in [2.24, 2.45) is 7.05 Å². The number of ether oxygens (including phenoxy) is 1. The molecule has 1 aliphatic heterocycles. The van der Waals surface area contributed by atoms with Crippen molar-refractivity contribution in [1.82, 2.24) is 19.4 Å². The molecule has 2 aromatic heterocycles. The second-order valence-corrected chi connectivity index (χ2v) is 13.2. The fourth-order valence-electron chi connectivity index (χ4n) is 4.87. The zero-order valence-corrected chi connectivity index (χ0v) is 25.8. The first kappa shape index (κ1) is 29.1. The van der Waals surface area contributed by atoms with E-state index in [0.29, 0.717) is 29.1 Å². The highest BCUT2D eigenvalue weighted by atomic mass is 33.1. The fourth-order valence-corrected chi connectivity index (χ4v) is 7.77. The van der Waals surface area contributed by atoms with E-state index in [9.17, 15) is 4.79 Å². The zero-order chi connectivity index (χ0) is 28.9. The molecule has 0 radical (unpaired) electrons. The number of hydrogen-bond acceptors (Lipinski definition) is 9. The van der Waals surface area contributed by atoms with Gasteiger partial charge in [-0.1, -0.05) is 39.8 Å². The van der Waals surface area contributed by atoms with Crippen LogP contribution in [0.1, 0.15) is 12.8 Å². The third-order valence-corrected chi connectivity index (χ3v) is 10.0. The number of para-hydroxylation sites is 1. The molecule has 9 nitrogen and oxygen atoms in total. The molecule has 0 unspecified atom stereocenters. The maximum Gasteiger partial charge on any atom is 0.227 e. The van der Waals surface area contributed by atoms with E-state index < -0.39 is 0 Å². The topological polar surface area (TPSA) is 87.5 Å². The Bertz CT molecular complexity index is 1520. The van der Waals surface area contributed by atoms with Crippen LogP contribution >= 0.6 is 21.6 Å². The maximum absolute atomic E-state index is 13.1. The van der Waals surface area contributed by atoms with Crippen molar-refractivity contribution in [3.05, 3.63) is 54.9 Å². The Morgan fingerprint density at radius 2 is 1.98 bits per heavy atom. The van der Waals surface area contributed by atoms with Crippen LogP contribution in [-0.2, 0) is 11.8 Å². The van der Waals surface area contributed by atoms with Gasteiger partial charge >= 0.3 is 0 Å². The van der Waals surface area contributed by atoms with Crippen molar-refractivity contribution in [3.63, 3.8) is 0 Å². The summed E-state index contributed by atoms with van der Waals surface area (Å²) in [5.74, 6) is 2.18. The number of carbonyl (C=O) groups excluding carboxylic acids is 1. The van der Waals surface area contributed by atoms with E-state index in [0.717, 1.165) is 58.8 Å². The van der Waals surface area contributed by atoms with Gasteiger partial charge in [-0.05, 0) is 38.7 Å². The summed E-state index contributed by atoms with van der Waals surface area (Å²) in [5, 5.41) is 8.01. The summed E-state index contributed by atoms with van der Waals surface area (Å²) in [6, 6.07) is 14.1. The summed E-state index contributed by atoms with van der Waals surface area (Å²) in [5.41, 5.74) is 5.28. The Labute approximate surface area is 249 Å². The maximum atomic E-state index is 13.1. The van der Waals surface area contributed by atoms with E-state index in [2.05, 4.69) is 48.3 Å². The van der Waals surface area contributed by atoms with E-state index in [1.54, 1.807) is 24.1 Å². The van der Waals surface area contributed by atoms with Crippen LogP contribution < -0.4 is 20.3 Å². The molecule has 0 saturated carbocycles. The van der Waals surface area contributed by atoms with E-state index in [4.69, 9.17) is 9.72 Å². The number of aromatic nitrogens is 3. The van der Waals surface area contributed by atoms with Crippen molar-refractivity contribution >= 4 is 61.4 Å². The number of fused-ring (bicyclic) bond motifs is 1. The van der Waals surface area contributed by atoms with Crippen LogP contribution in [0.2, 0.25) is 0 Å². The second kappa shape index (κ2) is 13.1. The third-order valence-electron chi connectivity index (χ3n) is 7.10. The molecule has 41 heavy (non-hydrogen) atoms. The summed E-state index contributed by atoms with van der Waals surface area (Å²) in [6.07, 6.45) is 5.38. The lowest BCUT2D eigenvalue weighted by atomic mass is 10.1. The molecule has 11 heteroatoms. The molecule has 1 saturated heterocycles. The van der Waals surface area contributed by atoms with Gasteiger partial charge in [-0.15, -0.1) is 0 Å². The highest BCUT2D eigenvalue weighted by Gasteiger charge is 2.22. The number of anilines is 4. The van der Waals surface area contributed by atoms with Gasteiger partial charge in [-0.3, -0.25) is 4.79 Å². The highest BCUT2D eigenvalue weighted by molar-refractivity contribution is 8.77. The van der Waals surface area contributed by atoms with Gasteiger partial charge in [0.1, 0.15) is 5.75 Å². The van der Waals surface area contributed by atoms with Crippen LogP contribution in [0, 0.1) is 0 Å². The van der Waals surface area contributed by atoms with Gasteiger partial charge in [-0.25, -0.2) is 9.97 Å². The molecule has 3 heterocycles. The molecular formula is C30H37N7O2S2. The molecule has 216 valence electrons. The monoisotopic (exact) mass is 591 g/mol. The van der Waals surface area contributed by atoms with Crippen LogP contribution in [0.25, 0.3) is 22.2 Å². The molecule has 1 amide bonds. The second-order valence-electron chi connectivity index (χ2n) is 10.4. The molecule has 2 N–H and O–H groups in total. The molecule has 4 aromatic rings. The van der Waals surface area contributed by atoms with Crippen LogP contribution in [0.3, 0.4) is 0 Å². The van der Waals surface area contributed by atoms with Gasteiger partial charge in [0.2, 0.25) is 11.9 Å². The number of benzene rings is 2. The highest BCUT2D eigenvalue weighted by Crippen LogP contribution is 2.41. The van der Waals surface area contributed by atoms with Crippen molar-refractivity contribution in [2.45, 2.75) is 18.1 Å². The molecular weight excluding hydrogens is 555 g/mol. The van der Waals surface area contributed by atoms with E-state index >= 15 is 0 Å². The normalized spacial score (nSPS) is 14.9. The summed E-state index contributed by atoms with van der Waals surface area (Å²) < 4.78 is 7.90. The van der Waals surface area contributed by atoms with E-state index in [1.165, 1.54) is 0 Å². The van der Waals surface area contributed by atoms with Crippen molar-refractivity contribution in [2.75, 3.05) is 62.6 Å². The van der Waals surface area contributed by atoms with Crippen LogP contribution in [0.4, 0.5) is 23.0 Å². The predicted molar refractivity (Wildman–Crippen MR) is 174 cm³/mol. The molecule has 1 fully saturated rings. The minimum atomic E-state index is 0.0116. The van der Waals surface area contributed by atoms with Crippen LogP contribution in [0.5, 0.6) is 5.75 Å². The third kappa shape index (κ3) is 6.91. The lowest BCUT2D eigenvalue weighted by molar-refractivity contribution is -0.116. The molecule has 0 aliphatic carbocycles. The van der Waals surface area contributed by atoms with Crippen molar-refractivity contribution in [1.29, 1.82) is 0 Å². The number of carbonyl (C=O) groups is 1. The minimum Gasteiger partial charge on any atom is -0.494 e. The Hall–Kier alpha value is -3.41. The zero-order valence-electron chi connectivity index (χ0n) is 24.2. The van der Waals surface area contributed by atoms with Gasteiger partial charge in [0.05, 0.1) is 29.9 Å². The largest absolute Gasteiger partial charge is 0.494 e. The Kier molecular flexibility index (Phi) is 9.26. The number of hydrogen-bond donors (Lipinski definition) is 2. The van der Waals surface area contributed by atoms with Gasteiger partial charge in [0.15, 0.2) is 0 Å². The van der Waals surface area contributed by atoms with Gasteiger partial charge < -0.3 is 29.7 Å². The number of rotatable bonds is 11. The van der Waals surface area contributed by atoms with E-state index in [-0.39, 0.29) is 5.91 Å².